The summed E-state index contributed by atoms with van der Waals surface area (Å²) in [6, 6.07) is 23.3. The van der Waals surface area contributed by atoms with Crippen LogP contribution in [0.4, 0.5) is 0 Å². The first-order chi connectivity index (χ1) is 11.7. The van der Waals surface area contributed by atoms with Gasteiger partial charge in [-0.15, -0.1) is 0 Å². The van der Waals surface area contributed by atoms with E-state index in [9.17, 15) is 0 Å². The Morgan fingerprint density at radius 2 is 1.21 bits per heavy atom. The lowest BCUT2D eigenvalue weighted by atomic mass is 9.94. The molecule has 1 heterocycles. The molecule has 2 atom stereocenters. The van der Waals surface area contributed by atoms with E-state index < -0.39 is 0 Å². The highest BCUT2D eigenvalue weighted by molar-refractivity contribution is 5.32. The van der Waals surface area contributed by atoms with Gasteiger partial charge in [-0.05, 0) is 32.0 Å². The highest BCUT2D eigenvalue weighted by Gasteiger charge is 2.33. The Morgan fingerprint density at radius 3 is 1.67 bits per heavy atom. The molecule has 0 spiro atoms. The first-order valence-electron chi connectivity index (χ1n) is 9.22. The lowest BCUT2D eigenvalue weighted by molar-refractivity contribution is 0.0390. The van der Waals surface area contributed by atoms with Crippen molar-refractivity contribution in [2.24, 2.45) is 0 Å². The predicted octanol–water partition coefficient (Wildman–Crippen LogP) is 4.83. The first-order valence-corrected chi connectivity index (χ1v) is 9.22. The van der Waals surface area contributed by atoms with Gasteiger partial charge in [-0.1, -0.05) is 74.5 Å². The van der Waals surface area contributed by atoms with Crippen LogP contribution < -0.4 is 0 Å². The van der Waals surface area contributed by atoms with E-state index in [4.69, 9.17) is 0 Å². The van der Waals surface area contributed by atoms with Crippen LogP contribution in [0.25, 0.3) is 0 Å². The molecule has 2 unspecified atom stereocenters. The van der Waals surface area contributed by atoms with Gasteiger partial charge in [0.25, 0.3) is 0 Å². The molecule has 1 aliphatic heterocycles. The van der Waals surface area contributed by atoms with Gasteiger partial charge in [-0.3, -0.25) is 4.90 Å². The minimum atomic E-state index is 0.341. The quantitative estimate of drug-likeness (QED) is 0.798. The molecule has 1 fully saturated rings. The number of rotatable bonds is 3. The van der Waals surface area contributed by atoms with Crippen LogP contribution in [-0.4, -0.2) is 42.0 Å². The van der Waals surface area contributed by atoms with Crippen molar-refractivity contribution in [1.82, 2.24) is 9.80 Å². The van der Waals surface area contributed by atoms with Crippen LogP contribution in [0.2, 0.25) is 0 Å². The summed E-state index contributed by atoms with van der Waals surface area (Å²) in [4.78, 5) is 5.13. The number of piperazine rings is 1. The molecule has 0 saturated carbocycles. The minimum Gasteiger partial charge on any atom is -0.301 e. The zero-order chi connectivity index (χ0) is 17.5. The van der Waals surface area contributed by atoms with Gasteiger partial charge >= 0.3 is 0 Å². The zero-order valence-electron chi connectivity index (χ0n) is 15.8. The average molecular weight is 325 g/mol. The summed E-state index contributed by atoms with van der Waals surface area (Å²) in [5.74, 6) is 0. The smallest absolute Gasteiger partial charge is 0.0605 e. The Labute approximate surface area is 148 Å². The molecular weight excluding hydrogens is 292 g/mol. The van der Waals surface area contributed by atoms with E-state index in [0.717, 1.165) is 13.1 Å². The monoisotopic (exact) mass is 324 g/mol. The summed E-state index contributed by atoms with van der Waals surface area (Å²) in [5, 5.41) is 0. The molecule has 2 heteroatoms. The zero-order valence-corrected chi connectivity index (χ0v) is 15.8. The Bertz CT molecular complexity index is 542. The van der Waals surface area contributed by atoms with E-state index in [0.29, 0.717) is 18.1 Å². The van der Waals surface area contributed by atoms with E-state index in [1.807, 2.05) is 13.8 Å². The summed E-state index contributed by atoms with van der Waals surface area (Å²) < 4.78 is 0. The molecule has 0 aromatic heterocycles. The van der Waals surface area contributed by atoms with E-state index >= 15 is 0 Å². The maximum atomic E-state index is 2.66. The topological polar surface area (TPSA) is 6.48 Å². The number of hydrogen-bond acceptors (Lipinski definition) is 2. The van der Waals surface area contributed by atoms with Crippen molar-refractivity contribution in [2.75, 3.05) is 20.1 Å². The van der Waals surface area contributed by atoms with Crippen molar-refractivity contribution in [3.05, 3.63) is 71.8 Å². The van der Waals surface area contributed by atoms with Crippen molar-refractivity contribution in [1.29, 1.82) is 0 Å². The van der Waals surface area contributed by atoms with Crippen LogP contribution in [0.15, 0.2) is 60.7 Å². The number of hydrogen-bond donors (Lipinski definition) is 0. The summed E-state index contributed by atoms with van der Waals surface area (Å²) in [6.07, 6.45) is 0. The van der Waals surface area contributed by atoms with E-state index in [1.54, 1.807) is 0 Å². The standard InChI is InChI=1S/C20H26N2.C2H6/c1-16-15-22(17(2)14-21(16)3)20(18-10-6-4-7-11-18)19-12-8-5-9-13-19;1-2/h4-13,16-17,20H,14-15H2,1-3H3;1-2H3. The molecule has 2 nitrogen and oxygen atoms in total. The molecular formula is C22H32N2. The third-order valence-electron chi connectivity index (χ3n) is 4.91. The molecule has 2 aromatic carbocycles. The van der Waals surface area contributed by atoms with Crippen molar-refractivity contribution in [3.63, 3.8) is 0 Å². The Balaban J connectivity index is 0.00000100. The summed E-state index contributed by atoms with van der Waals surface area (Å²) in [7, 11) is 2.23. The fraction of sp³-hybridized carbons (Fsp3) is 0.455. The summed E-state index contributed by atoms with van der Waals surface area (Å²) in [6.45, 7) is 10.9. The molecule has 130 valence electrons. The van der Waals surface area contributed by atoms with Gasteiger partial charge in [0.1, 0.15) is 0 Å². The third-order valence-corrected chi connectivity index (χ3v) is 4.91. The van der Waals surface area contributed by atoms with Crippen LogP contribution in [0.1, 0.15) is 44.9 Å². The molecule has 24 heavy (non-hydrogen) atoms. The molecule has 0 radical (unpaired) electrons. The summed E-state index contributed by atoms with van der Waals surface area (Å²) >= 11 is 0. The van der Waals surface area contributed by atoms with Crippen molar-refractivity contribution < 1.29 is 0 Å². The van der Waals surface area contributed by atoms with E-state index in [1.165, 1.54) is 11.1 Å². The first kappa shape index (κ1) is 18.7. The van der Waals surface area contributed by atoms with Crippen LogP contribution in [0, 0.1) is 0 Å². The highest BCUT2D eigenvalue weighted by atomic mass is 15.3. The maximum absolute atomic E-state index is 2.66. The van der Waals surface area contributed by atoms with Crippen LogP contribution in [-0.2, 0) is 0 Å². The Morgan fingerprint density at radius 1 is 0.750 bits per heavy atom. The van der Waals surface area contributed by atoms with Gasteiger partial charge in [-0.25, -0.2) is 0 Å². The van der Waals surface area contributed by atoms with E-state index in [-0.39, 0.29) is 0 Å². The van der Waals surface area contributed by atoms with Gasteiger partial charge in [0.15, 0.2) is 0 Å². The van der Waals surface area contributed by atoms with Gasteiger partial charge < -0.3 is 4.90 Å². The van der Waals surface area contributed by atoms with Crippen LogP contribution >= 0.6 is 0 Å². The maximum Gasteiger partial charge on any atom is 0.0605 e. The third kappa shape index (κ3) is 4.25. The fourth-order valence-electron chi connectivity index (χ4n) is 3.53. The molecule has 0 N–H and O–H groups in total. The van der Waals surface area contributed by atoms with Gasteiger partial charge in [0, 0.05) is 25.2 Å². The molecule has 2 aromatic rings. The van der Waals surface area contributed by atoms with Gasteiger partial charge in [0.2, 0.25) is 0 Å². The fourth-order valence-corrected chi connectivity index (χ4v) is 3.53. The second-order valence-corrected chi connectivity index (χ2v) is 6.56. The lowest BCUT2D eigenvalue weighted by Gasteiger charge is -2.46. The highest BCUT2D eigenvalue weighted by Crippen LogP contribution is 2.32. The molecule has 0 bridgehead atoms. The Hall–Kier alpha value is -1.64. The second-order valence-electron chi connectivity index (χ2n) is 6.56. The normalized spacial score (nSPS) is 22.1. The lowest BCUT2D eigenvalue weighted by Crippen LogP contribution is -2.55. The Kier molecular flexibility index (Phi) is 7.01. The SMILES string of the molecule is CC.CC1CN(C(c2ccccc2)c2ccccc2)C(C)CN1C. The van der Waals surface area contributed by atoms with Crippen LogP contribution in [0.5, 0.6) is 0 Å². The largest absolute Gasteiger partial charge is 0.301 e. The molecule has 0 amide bonds. The number of benzene rings is 2. The van der Waals surface area contributed by atoms with Gasteiger partial charge in [0.05, 0.1) is 6.04 Å². The van der Waals surface area contributed by atoms with Crippen molar-refractivity contribution in [2.45, 2.75) is 45.8 Å². The molecule has 3 rings (SSSR count). The molecule has 1 saturated heterocycles. The van der Waals surface area contributed by atoms with Crippen LogP contribution in [0.3, 0.4) is 0 Å². The average Bonchev–Trinajstić information content (AvgIpc) is 2.63. The van der Waals surface area contributed by atoms with E-state index in [2.05, 4.69) is 91.4 Å². The summed E-state index contributed by atoms with van der Waals surface area (Å²) in [5.41, 5.74) is 2.77. The minimum absolute atomic E-state index is 0.341. The molecule has 0 aliphatic carbocycles. The van der Waals surface area contributed by atoms with Crippen molar-refractivity contribution >= 4 is 0 Å². The number of nitrogens with zero attached hydrogens (tertiary/aromatic N) is 2. The predicted molar refractivity (Wildman–Crippen MR) is 104 cm³/mol. The van der Waals surface area contributed by atoms with Gasteiger partial charge in [-0.2, -0.15) is 0 Å². The number of likely N-dealkylation sites (N-methyl/N-ethyl adjacent to an activating group) is 1. The van der Waals surface area contributed by atoms with Crippen molar-refractivity contribution in [3.8, 4) is 0 Å². The second kappa shape index (κ2) is 9.00. The molecule has 1 aliphatic rings.